The van der Waals surface area contributed by atoms with Crippen LogP contribution in [0.15, 0.2) is 4.99 Å². The van der Waals surface area contributed by atoms with E-state index in [2.05, 4.69) is 47.7 Å². The van der Waals surface area contributed by atoms with E-state index in [1.807, 2.05) is 7.05 Å². The molecule has 0 bridgehead atoms. The van der Waals surface area contributed by atoms with Crippen LogP contribution in [0.5, 0.6) is 0 Å². The van der Waals surface area contributed by atoms with Gasteiger partial charge in [0.1, 0.15) is 0 Å². The Balaban J connectivity index is 1.88. The Morgan fingerprint density at radius 2 is 2.35 bits per heavy atom. The van der Waals surface area contributed by atoms with Gasteiger partial charge in [-0.3, -0.25) is 4.99 Å². The van der Waals surface area contributed by atoms with Gasteiger partial charge in [0.15, 0.2) is 5.96 Å². The van der Waals surface area contributed by atoms with E-state index in [4.69, 9.17) is 4.74 Å². The van der Waals surface area contributed by atoms with Crippen LogP contribution in [0.1, 0.15) is 27.2 Å². The van der Waals surface area contributed by atoms with Crippen molar-refractivity contribution in [1.82, 2.24) is 10.2 Å². The number of rotatable bonds is 3. The third-order valence-corrected chi connectivity index (χ3v) is 5.86. The summed E-state index contributed by atoms with van der Waals surface area (Å²) in [6.45, 7) is 11.8. The third kappa shape index (κ3) is 4.04. The molecule has 2 aliphatic rings. The molecule has 2 aliphatic heterocycles. The van der Waals surface area contributed by atoms with Crippen molar-refractivity contribution >= 4 is 17.7 Å². The fraction of sp³-hybridized carbons (Fsp3) is 0.933. The number of thioether (sulfide) groups is 1. The maximum Gasteiger partial charge on any atom is 0.193 e. The highest BCUT2D eigenvalue weighted by molar-refractivity contribution is 8.00. The van der Waals surface area contributed by atoms with Crippen molar-refractivity contribution in [1.29, 1.82) is 0 Å². The molecule has 2 rings (SSSR count). The first kappa shape index (κ1) is 16.0. The molecular formula is C15H29N3OS. The predicted octanol–water partition coefficient (Wildman–Crippen LogP) is 2.06. The first-order valence-corrected chi connectivity index (χ1v) is 8.74. The van der Waals surface area contributed by atoms with Crippen molar-refractivity contribution in [2.75, 3.05) is 45.6 Å². The van der Waals surface area contributed by atoms with Gasteiger partial charge < -0.3 is 15.0 Å². The van der Waals surface area contributed by atoms with Gasteiger partial charge in [0, 0.05) is 49.7 Å². The summed E-state index contributed by atoms with van der Waals surface area (Å²) in [7, 11) is 1.89. The van der Waals surface area contributed by atoms with Crippen LogP contribution >= 0.6 is 11.8 Å². The highest BCUT2D eigenvalue weighted by Gasteiger charge is 2.31. The van der Waals surface area contributed by atoms with Crippen LogP contribution in [0.3, 0.4) is 0 Å². The minimum atomic E-state index is 0.262. The summed E-state index contributed by atoms with van der Waals surface area (Å²) >= 11 is 2.10. The van der Waals surface area contributed by atoms with E-state index in [-0.39, 0.29) is 5.41 Å². The summed E-state index contributed by atoms with van der Waals surface area (Å²) in [6, 6.07) is 0. The zero-order chi connectivity index (χ0) is 14.6. The van der Waals surface area contributed by atoms with Crippen molar-refractivity contribution in [2.24, 2.45) is 16.3 Å². The van der Waals surface area contributed by atoms with E-state index in [9.17, 15) is 0 Å². The molecule has 2 fully saturated rings. The van der Waals surface area contributed by atoms with Gasteiger partial charge in [-0.05, 0) is 12.3 Å². The van der Waals surface area contributed by atoms with Crippen LogP contribution < -0.4 is 5.32 Å². The molecule has 116 valence electrons. The molecule has 0 aromatic carbocycles. The van der Waals surface area contributed by atoms with Crippen LogP contribution in [0.2, 0.25) is 0 Å². The van der Waals surface area contributed by atoms with Crippen LogP contribution in [-0.4, -0.2) is 61.8 Å². The molecule has 0 aliphatic carbocycles. The summed E-state index contributed by atoms with van der Waals surface area (Å²) in [5, 5.41) is 4.28. The highest BCUT2D eigenvalue weighted by atomic mass is 32.2. The summed E-state index contributed by atoms with van der Waals surface area (Å²) in [4.78, 5) is 6.90. The molecule has 0 aromatic rings. The molecule has 2 atom stereocenters. The number of hydrogen-bond donors (Lipinski definition) is 1. The van der Waals surface area contributed by atoms with E-state index < -0.39 is 0 Å². The standard InChI is InChI=1S/C15H29N3OS/c1-12(2)13-9-18(6-8-20-13)14(16-4)17-10-15(3)5-7-19-11-15/h12-13H,5-11H2,1-4H3,(H,16,17). The van der Waals surface area contributed by atoms with Gasteiger partial charge in [-0.25, -0.2) is 0 Å². The van der Waals surface area contributed by atoms with Crippen molar-refractivity contribution < 1.29 is 4.74 Å². The van der Waals surface area contributed by atoms with Crippen molar-refractivity contribution in [3.05, 3.63) is 0 Å². The Bertz CT molecular complexity index is 340. The van der Waals surface area contributed by atoms with E-state index in [1.165, 1.54) is 5.75 Å². The van der Waals surface area contributed by atoms with Gasteiger partial charge >= 0.3 is 0 Å². The third-order valence-electron chi connectivity index (χ3n) is 4.32. The molecule has 2 unspecified atom stereocenters. The van der Waals surface area contributed by atoms with E-state index in [1.54, 1.807) is 0 Å². The van der Waals surface area contributed by atoms with Crippen molar-refractivity contribution in [2.45, 2.75) is 32.4 Å². The molecule has 1 N–H and O–H groups in total. The number of ether oxygens (including phenoxy) is 1. The van der Waals surface area contributed by atoms with Crippen LogP contribution in [0.25, 0.3) is 0 Å². The van der Waals surface area contributed by atoms with Gasteiger partial charge in [0.2, 0.25) is 0 Å². The summed E-state index contributed by atoms with van der Waals surface area (Å²) in [6.07, 6.45) is 1.14. The fourth-order valence-electron chi connectivity index (χ4n) is 2.74. The first-order chi connectivity index (χ1) is 9.54. The topological polar surface area (TPSA) is 36.9 Å². The monoisotopic (exact) mass is 299 g/mol. The molecule has 0 radical (unpaired) electrons. The van der Waals surface area contributed by atoms with E-state index in [0.29, 0.717) is 5.25 Å². The lowest BCUT2D eigenvalue weighted by Crippen LogP contribution is -2.51. The second-order valence-electron chi connectivity index (χ2n) is 6.61. The number of hydrogen-bond acceptors (Lipinski definition) is 3. The fourth-order valence-corrected chi connectivity index (χ4v) is 4.04. The maximum atomic E-state index is 5.52. The van der Waals surface area contributed by atoms with Gasteiger partial charge in [0.25, 0.3) is 0 Å². The Kier molecular flexibility index (Phi) is 5.61. The smallest absolute Gasteiger partial charge is 0.193 e. The SMILES string of the molecule is CN=C(NCC1(C)CCOC1)N1CCSC(C(C)C)C1. The zero-order valence-electron chi connectivity index (χ0n) is 13.3. The largest absolute Gasteiger partial charge is 0.381 e. The first-order valence-electron chi connectivity index (χ1n) is 7.69. The summed E-state index contributed by atoms with van der Waals surface area (Å²) < 4.78 is 5.52. The molecule has 5 heteroatoms. The molecule has 2 saturated heterocycles. The maximum absolute atomic E-state index is 5.52. The van der Waals surface area contributed by atoms with Gasteiger partial charge in [0.05, 0.1) is 6.61 Å². The van der Waals surface area contributed by atoms with E-state index >= 15 is 0 Å². The molecule has 0 spiro atoms. The molecule has 0 aromatic heterocycles. The van der Waals surface area contributed by atoms with Crippen molar-refractivity contribution in [3.8, 4) is 0 Å². The lowest BCUT2D eigenvalue weighted by atomic mass is 9.90. The quantitative estimate of drug-likeness (QED) is 0.639. The lowest BCUT2D eigenvalue weighted by Gasteiger charge is -2.37. The van der Waals surface area contributed by atoms with E-state index in [0.717, 1.165) is 51.1 Å². The molecular weight excluding hydrogens is 270 g/mol. The Morgan fingerprint density at radius 3 is 2.95 bits per heavy atom. The average molecular weight is 299 g/mol. The van der Waals surface area contributed by atoms with Gasteiger partial charge in [-0.2, -0.15) is 11.8 Å². The van der Waals surface area contributed by atoms with Crippen LogP contribution in [0, 0.1) is 11.3 Å². The normalized spacial score (nSPS) is 31.9. The Morgan fingerprint density at radius 1 is 1.55 bits per heavy atom. The summed E-state index contributed by atoms with van der Waals surface area (Å²) in [5.74, 6) is 2.98. The zero-order valence-corrected chi connectivity index (χ0v) is 14.1. The summed E-state index contributed by atoms with van der Waals surface area (Å²) in [5.41, 5.74) is 0.262. The van der Waals surface area contributed by atoms with Crippen LogP contribution in [0.4, 0.5) is 0 Å². The number of nitrogens with one attached hydrogen (secondary N) is 1. The predicted molar refractivity (Wildman–Crippen MR) is 87.6 cm³/mol. The number of aliphatic imine (C=N–C) groups is 1. The average Bonchev–Trinajstić information content (AvgIpc) is 2.87. The minimum absolute atomic E-state index is 0.262. The second kappa shape index (κ2) is 7.03. The van der Waals surface area contributed by atoms with Crippen molar-refractivity contribution in [3.63, 3.8) is 0 Å². The molecule has 0 saturated carbocycles. The Labute approximate surface area is 127 Å². The van der Waals surface area contributed by atoms with Crippen LogP contribution in [-0.2, 0) is 4.74 Å². The highest BCUT2D eigenvalue weighted by Crippen LogP contribution is 2.27. The molecule has 4 nitrogen and oxygen atoms in total. The minimum Gasteiger partial charge on any atom is -0.381 e. The van der Waals surface area contributed by atoms with Gasteiger partial charge in [-0.15, -0.1) is 0 Å². The Hall–Kier alpha value is -0.420. The number of nitrogens with zero attached hydrogens (tertiary/aromatic N) is 2. The second-order valence-corrected chi connectivity index (χ2v) is 7.96. The number of guanidine groups is 1. The van der Waals surface area contributed by atoms with Gasteiger partial charge in [-0.1, -0.05) is 20.8 Å². The molecule has 20 heavy (non-hydrogen) atoms. The molecule has 0 amide bonds. The lowest BCUT2D eigenvalue weighted by molar-refractivity contribution is 0.160. The molecule has 2 heterocycles.